The summed E-state index contributed by atoms with van der Waals surface area (Å²) in [6.07, 6.45) is 0. The molecule has 0 aliphatic rings. The fourth-order valence-corrected chi connectivity index (χ4v) is 5.78. The average molecular weight is 473 g/mol. The topological polar surface area (TPSA) is 13.1 Å². The highest BCUT2D eigenvalue weighted by atomic mass is 79.9. The summed E-state index contributed by atoms with van der Waals surface area (Å²) in [6, 6.07) is 36.6. The van der Waals surface area contributed by atoms with Crippen LogP contribution in [0.4, 0.5) is 0 Å². The molecule has 0 spiro atoms. The molecular formula is C30H17BrO. The van der Waals surface area contributed by atoms with E-state index in [-0.39, 0.29) is 0 Å². The molecule has 0 aliphatic carbocycles. The first-order valence-electron chi connectivity index (χ1n) is 10.7. The highest BCUT2D eigenvalue weighted by Gasteiger charge is 2.18. The molecule has 0 fully saturated rings. The molecule has 0 bridgehead atoms. The summed E-state index contributed by atoms with van der Waals surface area (Å²) in [7, 11) is 0. The number of rotatable bonds is 1. The summed E-state index contributed by atoms with van der Waals surface area (Å²) in [5, 5.41) is 9.66. The third-order valence-corrected chi connectivity index (χ3v) is 7.35. The van der Waals surface area contributed by atoms with E-state index in [4.69, 9.17) is 4.42 Å². The van der Waals surface area contributed by atoms with Crippen LogP contribution in [-0.4, -0.2) is 0 Å². The van der Waals surface area contributed by atoms with Gasteiger partial charge in [0.25, 0.3) is 0 Å². The van der Waals surface area contributed by atoms with Gasteiger partial charge >= 0.3 is 0 Å². The summed E-state index contributed by atoms with van der Waals surface area (Å²) in [6.45, 7) is 0. The molecule has 0 unspecified atom stereocenters. The first-order valence-corrected chi connectivity index (χ1v) is 11.5. The molecule has 0 amide bonds. The Morgan fingerprint density at radius 1 is 0.500 bits per heavy atom. The number of benzene rings is 6. The second kappa shape index (κ2) is 6.69. The van der Waals surface area contributed by atoms with E-state index in [1.807, 2.05) is 0 Å². The van der Waals surface area contributed by atoms with Crippen molar-refractivity contribution in [3.63, 3.8) is 0 Å². The minimum absolute atomic E-state index is 0.920. The molecule has 0 aliphatic heterocycles. The van der Waals surface area contributed by atoms with Crippen LogP contribution in [0.5, 0.6) is 0 Å². The van der Waals surface area contributed by atoms with Gasteiger partial charge in [-0.1, -0.05) is 84.9 Å². The predicted octanol–water partition coefficient (Wildman–Crippen LogP) is 9.48. The maximum Gasteiger partial charge on any atom is 0.136 e. The Kier molecular flexibility index (Phi) is 3.76. The highest BCUT2D eigenvalue weighted by molar-refractivity contribution is 9.10. The summed E-state index contributed by atoms with van der Waals surface area (Å²) >= 11 is 3.88. The molecule has 1 heterocycles. The van der Waals surface area contributed by atoms with Gasteiger partial charge in [-0.2, -0.15) is 0 Å². The van der Waals surface area contributed by atoms with Gasteiger partial charge < -0.3 is 4.42 Å². The van der Waals surface area contributed by atoms with Gasteiger partial charge in [0.2, 0.25) is 0 Å². The molecule has 0 saturated carbocycles. The zero-order valence-corrected chi connectivity index (χ0v) is 18.7. The zero-order chi connectivity index (χ0) is 21.2. The summed E-state index contributed by atoms with van der Waals surface area (Å²) in [4.78, 5) is 0. The lowest BCUT2D eigenvalue weighted by molar-refractivity contribution is 0.669. The first kappa shape index (κ1) is 18.0. The van der Waals surface area contributed by atoms with Gasteiger partial charge in [0.05, 0.1) is 0 Å². The van der Waals surface area contributed by atoms with E-state index in [0.29, 0.717) is 0 Å². The Balaban J connectivity index is 1.71. The minimum atomic E-state index is 0.920. The smallest absolute Gasteiger partial charge is 0.136 e. The maximum absolute atomic E-state index is 6.36. The molecule has 0 atom stereocenters. The van der Waals surface area contributed by atoms with Gasteiger partial charge in [-0.15, -0.1) is 0 Å². The van der Waals surface area contributed by atoms with E-state index in [0.717, 1.165) is 21.0 Å². The Hall–Kier alpha value is -3.62. The maximum atomic E-state index is 6.36. The fourth-order valence-electron chi connectivity index (χ4n) is 5.09. The standard InChI is InChI=1S/C30H17BrO/c31-30-22-12-5-3-10-20(22)28(21-11-4-6-13-23(21)30)24-14-7-15-26-29(24)25-16-18-8-1-2-9-19(18)17-27(25)32-26/h1-17H. The van der Waals surface area contributed by atoms with E-state index < -0.39 is 0 Å². The molecule has 32 heavy (non-hydrogen) atoms. The summed E-state index contributed by atoms with van der Waals surface area (Å²) in [5.74, 6) is 0. The molecule has 2 heteroatoms. The molecular weight excluding hydrogens is 456 g/mol. The van der Waals surface area contributed by atoms with Gasteiger partial charge in [-0.3, -0.25) is 0 Å². The molecule has 0 radical (unpaired) electrons. The third kappa shape index (κ3) is 2.44. The van der Waals surface area contributed by atoms with Gasteiger partial charge in [0, 0.05) is 15.2 Å². The number of hydrogen-bond acceptors (Lipinski definition) is 1. The Bertz CT molecular complexity index is 1780. The van der Waals surface area contributed by atoms with E-state index in [9.17, 15) is 0 Å². The Labute approximate surface area is 193 Å². The Morgan fingerprint density at radius 2 is 1.09 bits per heavy atom. The quantitative estimate of drug-likeness (QED) is 0.217. The van der Waals surface area contributed by atoms with Gasteiger partial charge in [-0.25, -0.2) is 0 Å². The van der Waals surface area contributed by atoms with Crippen LogP contribution in [0.1, 0.15) is 0 Å². The van der Waals surface area contributed by atoms with Crippen molar-refractivity contribution in [2.45, 2.75) is 0 Å². The van der Waals surface area contributed by atoms with Crippen molar-refractivity contribution < 1.29 is 4.42 Å². The lowest BCUT2D eigenvalue weighted by Crippen LogP contribution is -1.88. The molecule has 6 aromatic carbocycles. The Morgan fingerprint density at radius 3 is 1.78 bits per heavy atom. The van der Waals surface area contributed by atoms with Crippen molar-refractivity contribution in [1.29, 1.82) is 0 Å². The second-order valence-electron chi connectivity index (χ2n) is 8.26. The van der Waals surface area contributed by atoms with Crippen molar-refractivity contribution in [3.8, 4) is 11.1 Å². The van der Waals surface area contributed by atoms with Gasteiger partial charge in [0.1, 0.15) is 11.2 Å². The summed E-state index contributed by atoms with van der Waals surface area (Å²) in [5.41, 5.74) is 4.30. The van der Waals surface area contributed by atoms with Gasteiger partial charge in [-0.05, 0) is 77.6 Å². The normalized spacial score (nSPS) is 11.9. The van der Waals surface area contributed by atoms with Crippen LogP contribution in [0.25, 0.3) is 65.4 Å². The number of furan rings is 1. The van der Waals surface area contributed by atoms with Crippen LogP contribution in [0.3, 0.4) is 0 Å². The van der Waals surface area contributed by atoms with Crippen molar-refractivity contribution >= 4 is 70.2 Å². The second-order valence-corrected chi connectivity index (χ2v) is 9.05. The van der Waals surface area contributed by atoms with E-state index >= 15 is 0 Å². The SMILES string of the molecule is Brc1c2ccccc2c(-c2cccc3oc4cc5ccccc5cc4c23)c2ccccc12. The molecule has 7 aromatic rings. The first-order chi connectivity index (χ1) is 15.8. The van der Waals surface area contributed by atoms with Crippen LogP contribution in [-0.2, 0) is 0 Å². The number of halogens is 1. The van der Waals surface area contributed by atoms with Crippen LogP contribution >= 0.6 is 15.9 Å². The number of hydrogen-bond donors (Lipinski definition) is 0. The lowest BCUT2D eigenvalue weighted by atomic mass is 9.89. The van der Waals surface area contributed by atoms with Crippen LogP contribution in [0.15, 0.2) is 112 Å². The lowest BCUT2D eigenvalue weighted by Gasteiger charge is -2.15. The molecule has 1 aromatic heterocycles. The van der Waals surface area contributed by atoms with Crippen molar-refractivity contribution in [2.24, 2.45) is 0 Å². The molecule has 1 nitrogen and oxygen atoms in total. The van der Waals surface area contributed by atoms with E-state index in [1.54, 1.807) is 0 Å². The van der Waals surface area contributed by atoms with E-state index in [2.05, 4.69) is 119 Å². The van der Waals surface area contributed by atoms with Crippen molar-refractivity contribution in [1.82, 2.24) is 0 Å². The van der Waals surface area contributed by atoms with Crippen molar-refractivity contribution in [2.75, 3.05) is 0 Å². The predicted molar refractivity (Wildman–Crippen MR) is 139 cm³/mol. The fraction of sp³-hybridized carbons (Fsp3) is 0. The highest BCUT2D eigenvalue weighted by Crippen LogP contribution is 2.45. The molecule has 0 saturated heterocycles. The zero-order valence-electron chi connectivity index (χ0n) is 17.1. The third-order valence-electron chi connectivity index (χ3n) is 6.50. The molecule has 150 valence electrons. The number of fused-ring (bicyclic) bond motifs is 6. The molecule has 0 N–H and O–H groups in total. The van der Waals surface area contributed by atoms with Gasteiger partial charge in [0.15, 0.2) is 0 Å². The van der Waals surface area contributed by atoms with E-state index in [1.165, 1.54) is 48.8 Å². The van der Waals surface area contributed by atoms with Crippen LogP contribution in [0.2, 0.25) is 0 Å². The minimum Gasteiger partial charge on any atom is -0.456 e. The van der Waals surface area contributed by atoms with Crippen LogP contribution in [0, 0.1) is 0 Å². The summed E-state index contributed by atoms with van der Waals surface area (Å²) < 4.78 is 7.50. The largest absolute Gasteiger partial charge is 0.456 e. The average Bonchev–Trinajstić information content (AvgIpc) is 3.21. The van der Waals surface area contributed by atoms with Crippen LogP contribution < -0.4 is 0 Å². The monoisotopic (exact) mass is 472 g/mol. The molecule has 7 rings (SSSR count). The van der Waals surface area contributed by atoms with Crippen molar-refractivity contribution in [3.05, 3.63) is 108 Å².